The number of furan rings is 1. The second-order valence-electron chi connectivity index (χ2n) is 6.65. The molecule has 1 N–H and O–H groups in total. The van der Waals surface area contributed by atoms with Gasteiger partial charge >= 0.3 is 5.97 Å². The van der Waals surface area contributed by atoms with Crippen molar-refractivity contribution in [3.05, 3.63) is 47.3 Å². The van der Waals surface area contributed by atoms with Gasteiger partial charge in [0.1, 0.15) is 11.5 Å². The van der Waals surface area contributed by atoms with Crippen molar-refractivity contribution < 1.29 is 28.2 Å². The number of aryl methyl sites for hydroxylation is 2. The summed E-state index contributed by atoms with van der Waals surface area (Å²) in [6, 6.07) is 8.89. The van der Waals surface area contributed by atoms with E-state index >= 15 is 0 Å². The first-order valence-corrected chi connectivity index (χ1v) is 8.85. The van der Waals surface area contributed by atoms with Crippen LogP contribution in [-0.2, 0) is 23.1 Å². The minimum atomic E-state index is -0.940. The van der Waals surface area contributed by atoms with E-state index in [1.165, 1.54) is 6.92 Å². The van der Waals surface area contributed by atoms with Gasteiger partial charge in [0.15, 0.2) is 23.2 Å². The number of fused-ring (bicyclic) bond motifs is 2. The van der Waals surface area contributed by atoms with E-state index in [-0.39, 0.29) is 19.2 Å². The fourth-order valence-corrected chi connectivity index (χ4v) is 3.09. The number of carbonyl (C=O) groups excluding carboxylic acids is 2. The van der Waals surface area contributed by atoms with E-state index in [1.807, 2.05) is 19.1 Å². The van der Waals surface area contributed by atoms with Gasteiger partial charge in [0, 0.05) is 25.7 Å². The SMILES string of the molecule is Cc1cc2c(cc(C(=O)OC(C)C(=O)NCc3ccc4c(c3)OCO4)n2C)o1. The van der Waals surface area contributed by atoms with Crippen LogP contribution in [0, 0.1) is 6.92 Å². The second kappa shape index (κ2) is 6.95. The number of amides is 1. The molecule has 1 unspecified atom stereocenters. The first-order chi connectivity index (χ1) is 13.4. The van der Waals surface area contributed by atoms with Gasteiger partial charge in [0.2, 0.25) is 6.79 Å². The Hall–Kier alpha value is -3.42. The minimum Gasteiger partial charge on any atom is -0.460 e. The molecule has 0 aliphatic carbocycles. The Labute approximate surface area is 161 Å². The van der Waals surface area contributed by atoms with Crippen molar-refractivity contribution in [2.45, 2.75) is 26.5 Å². The highest BCUT2D eigenvalue weighted by molar-refractivity contribution is 5.95. The van der Waals surface area contributed by atoms with Crippen molar-refractivity contribution in [2.24, 2.45) is 7.05 Å². The average Bonchev–Trinajstić information content (AvgIpc) is 3.35. The summed E-state index contributed by atoms with van der Waals surface area (Å²) in [5.41, 5.74) is 2.58. The van der Waals surface area contributed by atoms with Crippen LogP contribution in [0.2, 0.25) is 0 Å². The van der Waals surface area contributed by atoms with Crippen LogP contribution in [0.1, 0.15) is 28.7 Å². The Bertz CT molecular complexity index is 1060. The molecule has 1 aliphatic heterocycles. The van der Waals surface area contributed by atoms with Crippen LogP contribution in [-0.4, -0.2) is 29.3 Å². The van der Waals surface area contributed by atoms with Crippen LogP contribution >= 0.6 is 0 Å². The molecule has 28 heavy (non-hydrogen) atoms. The van der Waals surface area contributed by atoms with Crippen molar-refractivity contribution in [3.8, 4) is 11.5 Å². The first kappa shape index (κ1) is 18.0. The maximum atomic E-state index is 12.4. The summed E-state index contributed by atoms with van der Waals surface area (Å²) in [4.78, 5) is 24.7. The molecule has 1 aromatic carbocycles. The highest BCUT2D eigenvalue weighted by Crippen LogP contribution is 2.32. The molecular formula is C20H20N2O6. The predicted molar refractivity (Wildman–Crippen MR) is 99.2 cm³/mol. The van der Waals surface area contributed by atoms with E-state index in [4.69, 9.17) is 18.6 Å². The molecule has 3 aromatic rings. The summed E-state index contributed by atoms with van der Waals surface area (Å²) >= 11 is 0. The smallest absolute Gasteiger partial charge is 0.355 e. The molecule has 0 spiro atoms. The van der Waals surface area contributed by atoms with Crippen LogP contribution in [0.4, 0.5) is 0 Å². The maximum absolute atomic E-state index is 12.4. The van der Waals surface area contributed by atoms with Crippen molar-refractivity contribution in [1.82, 2.24) is 9.88 Å². The fourth-order valence-electron chi connectivity index (χ4n) is 3.09. The summed E-state index contributed by atoms with van der Waals surface area (Å²) < 4.78 is 23.1. The van der Waals surface area contributed by atoms with E-state index in [0.717, 1.165) is 16.8 Å². The van der Waals surface area contributed by atoms with E-state index in [1.54, 1.807) is 29.8 Å². The second-order valence-corrected chi connectivity index (χ2v) is 6.65. The van der Waals surface area contributed by atoms with Gasteiger partial charge in [-0.25, -0.2) is 4.79 Å². The minimum absolute atomic E-state index is 0.196. The molecule has 146 valence electrons. The van der Waals surface area contributed by atoms with Gasteiger partial charge in [-0.2, -0.15) is 0 Å². The molecule has 4 rings (SSSR count). The lowest BCUT2D eigenvalue weighted by atomic mass is 10.2. The van der Waals surface area contributed by atoms with Crippen LogP contribution in [0.3, 0.4) is 0 Å². The topological polar surface area (TPSA) is 91.9 Å². The van der Waals surface area contributed by atoms with Gasteiger partial charge in [0.05, 0.1) is 5.52 Å². The molecule has 0 fully saturated rings. The number of ether oxygens (including phenoxy) is 3. The number of carbonyl (C=O) groups is 2. The Morgan fingerprint density at radius 1 is 1.21 bits per heavy atom. The Morgan fingerprint density at radius 3 is 2.79 bits per heavy atom. The van der Waals surface area contributed by atoms with E-state index < -0.39 is 12.1 Å². The third-order valence-corrected chi connectivity index (χ3v) is 4.62. The summed E-state index contributed by atoms with van der Waals surface area (Å²) in [6.07, 6.45) is -0.940. The van der Waals surface area contributed by atoms with E-state index in [0.29, 0.717) is 22.8 Å². The zero-order valence-corrected chi connectivity index (χ0v) is 15.8. The van der Waals surface area contributed by atoms with Gasteiger partial charge in [-0.1, -0.05) is 6.07 Å². The number of hydrogen-bond donors (Lipinski definition) is 1. The molecule has 2 aromatic heterocycles. The molecule has 8 heteroatoms. The van der Waals surface area contributed by atoms with Gasteiger partial charge in [0.25, 0.3) is 5.91 Å². The van der Waals surface area contributed by atoms with Crippen LogP contribution in [0.15, 0.2) is 34.7 Å². The van der Waals surface area contributed by atoms with Gasteiger partial charge in [-0.3, -0.25) is 4.79 Å². The Balaban J connectivity index is 1.36. The van der Waals surface area contributed by atoms with E-state index in [2.05, 4.69) is 5.32 Å². The largest absolute Gasteiger partial charge is 0.460 e. The number of nitrogens with one attached hydrogen (secondary N) is 1. The lowest BCUT2D eigenvalue weighted by Gasteiger charge is -2.14. The van der Waals surface area contributed by atoms with Crippen molar-refractivity contribution in [1.29, 1.82) is 0 Å². The monoisotopic (exact) mass is 384 g/mol. The number of rotatable bonds is 5. The van der Waals surface area contributed by atoms with Gasteiger partial charge in [-0.15, -0.1) is 0 Å². The Kier molecular flexibility index (Phi) is 4.46. The molecule has 0 saturated heterocycles. The number of aromatic nitrogens is 1. The Morgan fingerprint density at radius 2 is 2.00 bits per heavy atom. The molecule has 1 aliphatic rings. The van der Waals surface area contributed by atoms with Crippen LogP contribution in [0.5, 0.6) is 11.5 Å². The fraction of sp³-hybridized carbons (Fsp3) is 0.300. The summed E-state index contributed by atoms with van der Waals surface area (Å²) in [6.45, 7) is 3.85. The normalized spacial score (nSPS) is 13.5. The number of esters is 1. The van der Waals surface area contributed by atoms with Gasteiger partial charge < -0.3 is 28.5 Å². The lowest BCUT2D eigenvalue weighted by Crippen LogP contribution is -2.35. The van der Waals surface area contributed by atoms with Crippen molar-refractivity contribution in [2.75, 3.05) is 6.79 Å². The third-order valence-electron chi connectivity index (χ3n) is 4.62. The zero-order chi connectivity index (χ0) is 19.8. The molecule has 1 amide bonds. The predicted octanol–water partition coefficient (Wildman–Crippen LogP) is 2.67. The molecule has 8 nitrogen and oxygen atoms in total. The summed E-state index contributed by atoms with van der Waals surface area (Å²) in [7, 11) is 1.75. The quantitative estimate of drug-likeness (QED) is 0.680. The highest BCUT2D eigenvalue weighted by Gasteiger charge is 2.23. The molecule has 3 heterocycles. The average molecular weight is 384 g/mol. The van der Waals surface area contributed by atoms with Crippen molar-refractivity contribution in [3.63, 3.8) is 0 Å². The van der Waals surface area contributed by atoms with E-state index in [9.17, 15) is 9.59 Å². The summed E-state index contributed by atoms with van der Waals surface area (Å²) in [5, 5.41) is 2.75. The lowest BCUT2D eigenvalue weighted by molar-refractivity contribution is -0.129. The zero-order valence-electron chi connectivity index (χ0n) is 15.8. The van der Waals surface area contributed by atoms with Crippen LogP contribution < -0.4 is 14.8 Å². The standard InChI is InChI=1S/C20H20N2O6/c1-11-6-14-17(27-11)8-15(22(14)3)20(24)28-12(2)19(23)21-9-13-4-5-16-18(7-13)26-10-25-16/h4-8,12H,9-10H2,1-3H3,(H,21,23). The third kappa shape index (κ3) is 3.28. The van der Waals surface area contributed by atoms with Crippen LogP contribution in [0.25, 0.3) is 11.1 Å². The molecule has 1 atom stereocenters. The number of nitrogens with zero attached hydrogens (tertiary/aromatic N) is 1. The highest BCUT2D eigenvalue weighted by atomic mass is 16.7. The first-order valence-electron chi connectivity index (χ1n) is 8.85. The molecule has 0 saturated carbocycles. The summed E-state index contributed by atoms with van der Waals surface area (Å²) in [5.74, 6) is 1.11. The maximum Gasteiger partial charge on any atom is 0.355 e. The molecule has 0 bridgehead atoms. The van der Waals surface area contributed by atoms with Gasteiger partial charge in [-0.05, 0) is 31.5 Å². The molecule has 0 radical (unpaired) electrons. The number of benzene rings is 1. The van der Waals surface area contributed by atoms with Crippen molar-refractivity contribution >= 4 is 23.0 Å². The number of hydrogen-bond acceptors (Lipinski definition) is 6. The molecular weight excluding hydrogens is 364 g/mol.